The van der Waals surface area contributed by atoms with Crippen LogP contribution in [0.5, 0.6) is 0 Å². The largest absolute Gasteiger partial charge is 0.429 e. The fourth-order valence-corrected chi connectivity index (χ4v) is 1.45. The molecule has 0 aliphatic rings. The maximum absolute atomic E-state index is 11.6. The summed E-state index contributed by atoms with van der Waals surface area (Å²) >= 11 is 0. The number of anilines is 1. The Morgan fingerprint density at radius 1 is 1.28 bits per heavy atom. The van der Waals surface area contributed by atoms with Crippen molar-refractivity contribution in [2.45, 2.75) is 6.92 Å². The van der Waals surface area contributed by atoms with E-state index in [9.17, 15) is 10.0 Å². The summed E-state index contributed by atoms with van der Waals surface area (Å²) in [4.78, 5) is 15.5. The van der Waals surface area contributed by atoms with Crippen molar-refractivity contribution in [2.24, 2.45) is 4.99 Å². The number of nitrogens with one attached hydrogen (secondary N) is 1. The number of carbonyl (C=O) groups excluding carboxylic acids is 1. The van der Waals surface area contributed by atoms with Gasteiger partial charge >= 0.3 is 6.03 Å². The number of hydrogen-bond donors (Lipinski definition) is 2. The van der Waals surface area contributed by atoms with E-state index in [-0.39, 0.29) is 0 Å². The zero-order valence-electron chi connectivity index (χ0n) is 9.87. The molecule has 5 nitrogen and oxygen atoms in total. The van der Waals surface area contributed by atoms with Gasteiger partial charge in [0.2, 0.25) is 0 Å². The average molecular weight is 243 g/mol. The molecule has 0 bridgehead atoms. The first kappa shape index (κ1) is 11.9. The lowest BCUT2D eigenvalue weighted by Crippen LogP contribution is -2.14. The van der Waals surface area contributed by atoms with Crippen molar-refractivity contribution in [1.82, 2.24) is 4.73 Å². The van der Waals surface area contributed by atoms with E-state index in [4.69, 9.17) is 0 Å². The third-order valence-electron chi connectivity index (χ3n) is 2.36. The molecule has 92 valence electrons. The Labute approximate surface area is 104 Å². The first-order valence-corrected chi connectivity index (χ1v) is 5.44. The molecule has 0 radical (unpaired) electrons. The average Bonchev–Trinajstić information content (AvgIpc) is 2.35. The second-order valence-electron chi connectivity index (χ2n) is 3.78. The number of benzene rings is 1. The summed E-state index contributed by atoms with van der Waals surface area (Å²) in [7, 11) is 0. The van der Waals surface area contributed by atoms with Crippen molar-refractivity contribution in [1.29, 1.82) is 0 Å². The number of urea groups is 1. The maximum Gasteiger partial charge on any atom is 0.345 e. The number of carbonyl (C=O) groups is 1. The summed E-state index contributed by atoms with van der Waals surface area (Å²) in [5.74, 6) is 0. The second-order valence-corrected chi connectivity index (χ2v) is 3.78. The summed E-state index contributed by atoms with van der Waals surface area (Å²) in [5.41, 5.74) is 1.29. The van der Waals surface area contributed by atoms with Crippen LogP contribution in [0.2, 0.25) is 0 Å². The molecule has 2 amide bonds. The number of aromatic nitrogens is 1. The van der Waals surface area contributed by atoms with Crippen LogP contribution in [0.4, 0.5) is 10.5 Å². The van der Waals surface area contributed by atoms with Crippen LogP contribution in [-0.4, -0.2) is 16.0 Å². The van der Waals surface area contributed by atoms with E-state index < -0.39 is 6.03 Å². The summed E-state index contributed by atoms with van der Waals surface area (Å²) in [6.07, 6.45) is 1.43. The van der Waals surface area contributed by atoms with E-state index in [1.54, 1.807) is 31.2 Å². The molecule has 0 aliphatic heterocycles. The van der Waals surface area contributed by atoms with Gasteiger partial charge in [-0.25, -0.2) is 4.79 Å². The van der Waals surface area contributed by atoms with Crippen molar-refractivity contribution in [3.05, 3.63) is 59.7 Å². The molecule has 0 saturated heterocycles. The van der Waals surface area contributed by atoms with Crippen LogP contribution in [0.25, 0.3) is 0 Å². The highest BCUT2D eigenvalue weighted by Crippen LogP contribution is 2.04. The molecule has 0 aliphatic carbocycles. The Morgan fingerprint density at radius 2 is 2.00 bits per heavy atom. The second kappa shape index (κ2) is 5.18. The highest BCUT2D eigenvalue weighted by Gasteiger charge is 1.98. The van der Waals surface area contributed by atoms with Crippen molar-refractivity contribution < 1.29 is 10.0 Å². The minimum atomic E-state index is -0.448. The van der Waals surface area contributed by atoms with Crippen molar-refractivity contribution >= 4 is 11.7 Å². The number of pyridine rings is 1. The highest BCUT2D eigenvalue weighted by atomic mass is 16.5. The summed E-state index contributed by atoms with van der Waals surface area (Å²) in [6.45, 7) is 1.72. The first-order chi connectivity index (χ1) is 8.65. The SMILES string of the molecule is Cc1cc(=NC(=O)Nc2ccccc2)ccn1O. The number of para-hydroxylation sites is 1. The van der Waals surface area contributed by atoms with Crippen molar-refractivity contribution in [2.75, 3.05) is 5.32 Å². The quantitative estimate of drug-likeness (QED) is 0.754. The number of aryl methyl sites for hydroxylation is 1. The molecule has 0 spiro atoms. The van der Waals surface area contributed by atoms with Crippen LogP contribution < -0.4 is 10.7 Å². The maximum atomic E-state index is 11.6. The standard InChI is InChI=1S/C13H13N3O2/c1-10-9-12(7-8-16(10)18)15-13(17)14-11-5-3-2-4-6-11/h2-9,18H,1H3,(H,14,17). The van der Waals surface area contributed by atoms with E-state index >= 15 is 0 Å². The summed E-state index contributed by atoms with van der Waals surface area (Å²) < 4.78 is 0.966. The van der Waals surface area contributed by atoms with Gasteiger partial charge in [-0.2, -0.15) is 9.72 Å². The Hall–Kier alpha value is -2.56. The van der Waals surface area contributed by atoms with Crippen molar-refractivity contribution in [3.8, 4) is 0 Å². The topological polar surface area (TPSA) is 66.6 Å². The van der Waals surface area contributed by atoms with E-state index in [1.165, 1.54) is 6.20 Å². The molecule has 2 aromatic rings. The van der Waals surface area contributed by atoms with Gasteiger partial charge < -0.3 is 10.5 Å². The van der Waals surface area contributed by atoms with Crippen LogP contribution in [-0.2, 0) is 0 Å². The van der Waals surface area contributed by atoms with E-state index in [1.807, 2.05) is 18.2 Å². The molecule has 2 N–H and O–H groups in total. The van der Waals surface area contributed by atoms with Crippen LogP contribution >= 0.6 is 0 Å². The van der Waals surface area contributed by atoms with Gasteiger partial charge in [0.05, 0.1) is 11.1 Å². The predicted molar refractivity (Wildman–Crippen MR) is 67.4 cm³/mol. The van der Waals surface area contributed by atoms with Gasteiger partial charge in [-0.3, -0.25) is 0 Å². The lowest BCUT2D eigenvalue weighted by Gasteiger charge is -2.01. The Kier molecular flexibility index (Phi) is 3.43. The van der Waals surface area contributed by atoms with Gasteiger partial charge in [0.1, 0.15) is 0 Å². The van der Waals surface area contributed by atoms with Crippen LogP contribution in [0.15, 0.2) is 53.7 Å². The Balaban J connectivity index is 2.18. The number of nitrogens with zero attached hydrogens (tertiary/aromatic N) is 2. The third-order valence-corrected chi connectivity index (χ3v) is 2.36. The normalized spacial score (nSPS) is 11.3. The molecule has 18 heavy (non-hydrogen) atoms. The minimum absolute atomic E-state index is 0.448. The zero-order chi connectivity index (χ0) is 13.0. The van der Waals surface area contributed by atoms with Gasteiger partial charge in [0.15, 0.2) is 0 Å². The van der Waals surface area contributed by atoms with Gasteiger partial charge in [0, 0.05) is 11.9 Å². The summed E-state index contributed by atoms with van der Waals surface area (Å²) in [5, 5.41) is 12.4. The van der Waals surface area contributed by atoms with Gasteiger partial charge in [-0.15, -0.1) is 0 Å². The van der Waals surface area contributed by atoms with Crippen LogP contribution in [0, 0.1) is 6.92 Å². The minimum Gasteiger partial charge on any atom is -0.429 e. The van der Waals surface area contributed by atoms with Gasteiger partial charge in [-0.05, 0) is 31.2 Å². The number of hydrogen-bond acceptors (Lipinski definition) is 2. The molecule has 0 atom stereocenters. The van der Waals surface area contributed by atoms with E-state index in [2.05, 4.69) is 10.3 Å². The molecule has 1 aromatic carbocycles. The predicted octanol–water partition coefficient (Wildman–Crippen LogP) is 2.17. The number of rotatable bonds is 1. The van der Waals surface area contributed by atoms with E-state index in [0.29, 0.717) is 16.7 Å². The van der Waals surface area contributed by atoms with E-state index in [0.717, 1.165) is 4.73 Å². The monoisotopic (exact) mass is 243 g/mol. The molecular weight excluding hydrogens is 230 g/mol. The highest BCUT2D eigenvalue weighted by molar-refractivity contribution is 5.89. The molecule has 0 unspecified atom stereocenters. The fourth-order valence-electron chi connectivity index (χ4n) is 1.45. The molecule has 1 aromatic heterocycles. The van der Waals surface area contributed by atoms with Crippen LogP contribution in [0.3, 0.4) is 0 Å². The molecule has 1 heterocycles. The number of amides is 2. The Bertz CT molecular complexity index is 618. The molecule has 2 rings (SSSR count). The summed E-state index contributed by atoms with van der Waals surface area (Å²) in [6, 6.07) is 11.8. The smallest absolute Gasteiger partial charge is 0.345 e. The zero-order valence-corrected chi connectivity index (χ0v) is 9.87. The van der Waals surface area contributed by atoms with Gasteiger partial charge in [0.25, 0.3) is 0 Å². The fraction of sp³-hybridized carbons (Fsp3) is 0.0769. The first-order valence-electron chi connectivity index (χ1n) is 5.44. The molecule has 5 heteroatoms. The van der Waals surface area contributed by atoms with Gasteiger partial charge in [-0.1, -0.05) is 18.2 Å². The van der Waals surface area contributed by atoms with Crippen LogP contribution in [0.1, 0.15) is 5.69 Å². The molecular formula is C13H13N3O2. The Morgan fingerprint density at radius 3 is 2.67 bits per heavy atom. The lowest BCUT2D eigenvalue weighted by molar-refractivity contribution is 0.177. The third kappa shape index (κ3) is 2.98. The lowest BCUT2D eigenvalue weighted by atomic mass is 10.3. The molecule has 0 saturated carbocycles. The van der Waals surface area contributed by atoms with Crippen molar-refractivity contribution in [3.63, 3.8) is 0 Å². The molecule has 0 fully saturated rings.